The molecule has 0 aromatic carbocycles. The van der Waals surface area contributed by atoms with E-state index in [-0.39, 0.29) is 11.9 Å². The van der Waals surface area contributed by atoms with Crippen molar-refractivity contribution in [2.45, 2.75) is 19.8 Å². The lowest BCUT2D eigenvalue weighted by Gasteiger charge is -2.36. The number of halogens is 1. The summed E-state index contributed by atoms with van der Waals surface area (Å²) < 4.78 is 6.12. The van der Waals surface area contributed by atoms with Crippen molar-refractivity contribution in [1.82, 2.24) is 4.98 Å². The van der Waals surface area contributed by atoms with E-state index in [1.54, 1.807) is 11.3 Å². The van der Waals surface area contributed by atoms with Crippen molar-refractivity contribution >= 4 is 38.4 Å². The maximum atomic E-state index is 12.0. The molecule has 1 aliphatic heterocycles. The number of fused-ring (bicyclic) bond motifs is 2. The van der Waals surface area contributed by atoms with Gasteiger partial charge in [-0.3, -0.25) is 4.79 Å². The zero-order valence-corrected chi connectivity index (χ0v) is 13.2. The summed E-state index contributed by atoms with van der Waals surface area (Å²) in [5, 5.41) is 3.07. The molecule has 19 heavy (non-hydrogen) atoms. The molecule has 1 saturated heterocycles. The Bertz CT molecular complexity index is 465. The first-order valence-corrected chi connectivity index (χ1v) is 8.39. The lowest BCUT2D eigenvalue weighted by molar-refractivity contribution is -0.151. The Hall–Kier alpha value is -0.620. The second kappa shape index (κ2) is 5.40. The number of rotatable bonds is 3. The molecule has 1 saturated carbocycles. The average Bonchev–Trinajstić information content (AvgIpc) is 2.92. The zero-order chi connectivity index (χ0) is 13.4. The van der Waals surface area contributed by atoms with E-state index in [9.17, 15) is 4.79 Å². The number of esters is 1. The summed E-state index contributed by atoms with van der Waals surface area (Å²) in [5.74, 6) is 0.982. The Balaban J connectivity index is 1.73. The minimum atomic E-state index is 0.00923. The van der Waals surface area contributed by atoms with Gasteiger partial charge in [0.15, 0.2) is 5.13 Å². The van der Waals surface area contributed by atoms with Crippen LogP contribution in [0.15, 0.2) is 9.98 Å². The smallest absolute Gasteiger partial charge is 0.309 e. The van der Waals surface area contributed by atoms with Gasteiger partial charge in [-0.15, -0.1) is 11.3 Å². The number of nitrogens with zero attached hydrogens (tertiary/aromatic N) is 2. The molecule has 2 aliphatic rings. The molecule has 1 aromatic rings. The van der Waals surface area contributed by atoms with Gasteiger partial charge < -0.3 is 9.64 Å². The van der Waals surface area contributed by atoms with Gasteiger partial charge in [-0.2, -0.15) is 0 Å². The van der Waals surface area contributed by atoms with Crippen molar-refractivity contribution in [1.29, 1.82) is 0 Å². The van der Waals surface area contributed by atoms with E-state index >= 15 is 0 Å². The fraction of sp³-hybridized carbons (Fsp3) is 0.692. The molecule has 2 fully saturated rings. The van der Waals surface area contributed by atoms with Crippen molar-refractivity contribution in [2.24, 2.45) is 17.8 Å². The number of hydrogen-bond donors (Lipinski definition) is 0. The minimum Gasteiger partial charge on any atom is -0.466 e. The molecule has 0 radical (unpaired) electrons. The van der Waals surface area contributed by atoms with Gasteiger partial charge in [0, 0.05) is 18.5 Å². The zero-order valence-electron chi connectivity index (χ0n) is 10.8. The maximum absolute atomic E-state index is 12.0. The van der Waals surface area contributed by atoms with Crippen LogP contribution in [-0.4, -0.2) is 30.6 Å². The van der Waals surface area contributed by atoms with Crippen LogP contribution in [-0.2, 0) is 9.53 Å². The largest absolute Gasteiger partial charge is 0.466 e. The van der Waals surface area contributed by atoms with E-state index in [0.29, 0.717) is 18.4 Å². The van der Waals surface area contributed by atoms with Crippen LogP contribution in [0.4, 0.5) is 5.13 Å². The maximum Gasteiger partial charge on any atom is 0.309 e. The van der Waals surface area contributed by atoms with Gasteiger partial charge in [-0.1, -0.05) is 0 Å². The average molecular weight is 345 g/mol. The van der Waals surface area contributed by atoms with Crippen molar-refractivity contribution in [3.63, 3.8) is 0 Å². The summed E-state index contributed by atoms with van der Waals surface area (Å²) in [6.45, 7) is 4.22. The van der Waals surface area contributed by atoms with E-state index < -0.39 is 0 Å². The number of carbonyl (C=O) groups is 1. The molecule has 0 spiro atoms. The highest BCUT2D eigenvalue weighted by Crippen LogP contribution is 2.44. The van der Waals surface area contributed by atoms with Gasteiger partial charge in [-0.25, -0.2) is 4.98 Å². The molecule has 6 heteroatoms. The number of piperidine rings is 1. The molecular weight excluding hydrogens is 328 g/mol. The lowest BCUT2D eigenvalue weighted by atomic mass is 9.85. The third kappa shape index (κ3) is 2.52. The molecule has 2 bridgehead atoms. The first-order valence-electron chi connectivity index (χ1n) is 6.71. The normalized spacial score (nSPS) is 29.6. The highest BCUT2D eigenvalue weighted by molar-refractivity contribution is 9.10. The summed E-state index contributed by atoms with van der Waals surface area (Å²) in [6.07, 6.45) is 2.27. The number of carbonyl (C=O) groups excluding carboxylic acids is 1. The van der Waals surface area contributed by atoms with Crippen molar-refractivity contribution in [2.75, 3.05) is 24.6 Å². The molecule has 2 atom stereocenters. The molecule has 1 aliphatic carbocycles. The molecule has 3 rings (SSSR count). The second-order valence-electron chi connectivity index (χ2n) is 5.23. The van der Waals surface area contributed by atoms with Crippen LogP contribution in [0.1, 0.15) is 19.8 Å². The van der Waals surface area contributed by atoms with Crippen LogP contribution in [0, 0.1) is 17.8 Å². The van der Waals surface area contributed by atoms with Crippen LogP contribution in [0.5, 0.6) is 0 Å². The monoisotopic (exact) mass is 344 g/mol. The number of thiazole rings is 1. The molecule has 0 unspecified atom stereocenters. The van der Waals surface area contributed by atoms with Crippen molar-refractivity contribution in [3.8, 4) is 0 Å². The van der Waals surface area contributed by atoms with Crippen LogP contribution in [0.2, 0.25) is 0 Å². The van der Waals surface area contributed by atoms with E-state index in [2.05, 4.69) is 25.8 Å². The van der Waals surface area contributed by atoms with Gasteiger partial charge in [0.25, 0.3) is 0 Å². The minimum absolute atomic E-state index is 0.00923. The third-order valence-electron chi connectivity index (χ3n) is 4.13. The summed E-state index contributed by atoms with van der Waals surface area (Å²) in [7, 11) is 0. The fourth-order valence-electron chi connectivity index (χ4n) is 3.39. The van der Waals surface area contributed by atoms with Gasteiger partial charge in [-0.05, 0) is 47.5 Å². The van der Waals surface area contributed by atoms with Crippen LogP contribution < -0.4 is 4.90 Å². The van der Waals surface area contributed by atoms with E-state index in [0.717, 1.165) is 35.7 Å². The van der Waals surface area contributed by atoms with Gasteiger partial charge in [0.05, 0.1) is 12.5 Å². The van der Waals surface area contributed by atoms with E-state index in [1.807, 2.05) is 12.3 Å². The predicted octanol–water partition coefficient (Wildman–Crippen LogP) is 2.93. The third-order valence-corrected chi connectivity index (χ3v) is 5.74. The Labute approximate surface area is 125 Å². The highest BCUT2D eigenvalue weighted by atomic mass is 79.9. The summed E-state index contributed by atoms with van der Waals surface area (Å²) in [4.78, 5) is 18.9. The quantitative estimate of drug-likeness (QED) is 0.790. The van der Waals surface area contributed by atoms with Crippen LogP contribution in [0.25, 0.3) is 0 Å². The molecular formula is C13H17BrN2O2S. The standard InChI is InChI=1S/C13H17BrN2O2S/c1-2-18-12(17)11-8-3-4-9(11)6-16(5-8)13-15-10(14)7-19-13/h7-9,11H,2-6H2,1H3/t8-,9-/m0/s1. The molecule has 0 N–H and O–H groups in total. The molecule has 2 heterocycles. The number of anilines is 1. The number of ether oxygens (including phenoxy) is 1. The van der Waals surface area contributed by atoms with Crippen LogP contribution in [0.3, 0.4) is 0 Å². The van der Waals surface area contributed by atoms with Gasteiger partial charge in [0.1, 0.15) is 4.60 Å². The van der Waals surface area contributed by atoms with Crippen molar-refractivity contribution in [3.05, 3.63) is 9.98 Å². The molecule has 104 valence electrons. The number of aromatic nitrogens is 1. The summed E-state index contributed by atoms with van der Waals surface area (Å²) in [6, 6.07) is 0. The highest BCUT2D eigenvalue weighted by Gasteiger charge is 2.47. The van der Waals surface area contributed by atoms with E-state index in [4.69, 9.17) is 4.74 Å². The summed E-state index contributed by atoms with van der Waals surface area (Å²) >= 11 is 5.06. The molecule has 4 nitrogen and oxygen atoms in total. The molecule has 1 aromatic heterocycles. The molecule has 0 amide bonds. The van der Waals surface area contributed by atoms with Gasteiger partial charge in [0.2, 0.25) is 0 Å². The topological polar surface area (TPSA) is 42.4 Å². The fourth-order valence-corrected chi connectivity index (χ4v) is 4.66. The first-order chi connectivity index (χ1) is 9.19. The Morgan fingerprint density at radius 2 is 2.21 bits per heavy atom. The van der Waals surface area contributed by atoms with Crippen molar-refractivity contribution < 1.29 is 9.53 Å². The predicted molar refractivity (Wildman–Crippen MR) is 78.4 cm³/mol. The van der Waals surface area contributed by atoms with Crippen LogP contribution >= 0.6 is 27.3 Å². The number of hydrogen-bond acceptors (Lipinski definition) is 5. The Morgan fingerprint density at radius 1 is 1.53 bits per heavy atom. The van der Waals surface area contributed by atoms with Gasteiger partial charge >= 0.3 is 5.97 Å². The SMILES string of the molecule is CCOC(=O)C1[C@H]2CC[C@H]1CN(c1nc(Br)cs1)C2. The first kappa shape index (κ1) is 13.4. The second-order valence-corrected chi connectivity index (χ2v) is 6.88. The Kier molecular flexibility index (Phi) is 3.80. The summed E-state index contributed by atoms with van der Waals surface area (Å²) in [5.41, 5.74) is 0. The lowest BCUT2D eigenvalue weighted by Crippen LogP contribution is -2.45. The Morgan fingerprint density at radius 3 is 2.74 bits per heavy atom. The van der Waals surface area contributed by atoms with E-state index in [1.165, 1.54) is 0 Å².